The molecule has 2 bridgehead atoms. The van der Waals surface area contributed by atoms with Gasteiger partial charge in [0.1, 0.15) is 23.7 Å². The van der Waals surface area contributed by atoms with E-state index in [1.807, 2.05) is 0 Å². The predicted molar refractivity (Wildman–Crippen MR) is 146 cm³/mol. The van der Waals surface area contributed by atoms with Gasteiger partial charge in [-0.15, -0.1) is 0 Å². The van der Waals surface area contributed by atoms with E-state index in [-0.39, 0.29) is 40.7 Å². The topological polar surface area (TPSA) is 162 Å². The van der Waals surface area contributed by atoms with Crippen LogP contribution in [0.5, 0.6) is 17.2 Å². The Hall–Kier alpha value is -4.62. The number of benzene rings is 2. The zero-order valence-electron chi connectivity index (χ0n) is 24.5. The summed E-state index contributed by atoms with van der Waals surface area (Å²) in [4.78, 5) is 52.9. The van der Waals surface area contributed by atoms with Crippen LogP contribution in [-0.2, 0) is 43.5 Å². The van der Waals surface area contributed by atoms with Crippen LogP contribution in [0.2, 0.25) is 0 Å². The molecule has 0 amide bonds. The summed E-state index contributed by atoms with van der Waals surface area (Å²) < 4.78 is 46.0. The summed E-state index contributed by atoms with van der Waals surface area (Å²) in [5.74, 6) is -6.88. The molecule has 2 aromatic rings. The van der Waals surface area contributed by atoms with Crippen molar-refractivity contribution in [3.63, 3.8) is 0 Å². The van der Waals surface area contributed by atoms with Crippen molar-refractivity contribution >= 4 is 23.9 Å². The number of fused-ring (bicyclic) bond motifs is 5. The second-order valence-corrected chi connectivity index (χ2v) is 11.1. The van der Waals surface area contributed by atoms with Gasteiger partial charge in [-0.05, 0) is 25.1 Å². The molecule has 1 spiro atoms. The highest BCUT2D eigenvalue weighted by atomic mass is 16.7. The maximum absolute atomic E-state index is 13.7. The van der Waals surface area contributed by atoms with Gasteiger partial charge in [0.2, 0.25) is 12.5 Å². The standard InChI is InChI=1S/C31H30O13/c1-15-23(42-16(2)32)18-11-20-24(41-14-40-20)25-22(18)30(13-39-25)19(12-21(33)37-4)26(43-27(34)17-9-7-6-8-10-17)29(15,3)44-31(30,36)28(35)38-5/h6-12,15,23,26,36H,13-14H2,1-5H3/b19-12-/t15-,23+,26-,29-,30-,31+/m0/s1. The summed E-state index contributed by atoms with van der Waals surface area (Å²) in [6.45, 7) is 3.67. The summed E-state index contributed by atoms with van der Waals surface area (Å²) >= 11 is 0. The predicted octanol–water partition coefficient (Wildman–Crippen LogP) is 2.27. The third-order valence-corrected chi connectivity index (χ3v) is 8.88. The average molecular weight is 611 g/mol. The third kappa shape index (κ3) is 3.92. The molecule has 44 heavy (non-hydrogen) atoms. The fourth-order valence-electron chi connectivity index (χ4n) is 6.68. The molecule has 13 heteroatoms. The molecule has 232 valence electrons. The second-order valence-electron chi connectivity index (χ2n) is 11.1. The summed E-state index contributed by atoms with van der Waals surface area (Å²) in [7, 11) is 2.21. The highest BCUT2D eigenvalue weighted by molar-refractivity contribution is 5.91. The Morgan fingerprint density at radius 3 is 2.39 bits per heavy atom. The van der Waals surface area contributed by atoms with Crippen LogP contribution in [-0.4, -0.2) is 74.1 Å². The van der Waals surface area contributed by atoms with Crippen LogP contribution in [0, 0.1) is 5.92 Å². The monoisotopic (exact) mass is 610 g/mol. The molecule has 4 aliphatic heterocycles. The first-order valence-electron chi connectivity index (χ1n) is 13.8. The molecule has 1 aliphatic carbocycles. The number of methoxy groups -OCH3 is 2. The van der Waals surface area contributed by atoms with Gasteiger partial charge >= 0.3 is 23.9 Å². The Labute approximate surface area is 251 Å². The summed E-state index contributed by atoms with van der Waals surface area (Å²) in [5.41, 5.74) is -3.45. The maximum Gasteiger partial charge on any atom is 0.367 e. The highest BCUT2D eigenvalue weighted by Gasteiger charge is 2.77. The van der Waals surface area contributed by atoms with Gasteiger partial charge in [0.15, 0.2) is 17.6 Å². The molecule has 2 aromatic carbocycles. The van der Waals surface area contributed by atoms with E-state index >= 15 is 0 Å². The second kappa shape index (κ2) is 10.2. The number of rotatable bonds is 5. The van der Waals surface area contributed by atoms with E-state index < -0.39 is 65.4 Å². The van der Waals surface area contributed by atoms with Crippen LogP contribution in [0.4, 0.5) is 0 Å². The number of hydrogen-bond donors (Lipinski definition) is 1. The van der Waals surface area contributed by atoms with Crippen molar-refractivity contribution in [3.05, 3.63) is 64.7 Å². The van der Waals surface area contributed by atoms with Crippen molar-refractivity contribution in [3.8, 4) is 17.2 Å². The van der Waals surface area contributed by atoms with Gasteiger partial charge in [-0.3, -0.25) is 4.79 Å². The Morgan fingerprint density at radius 2 is 1.73 bits per heavy atom. The third-order valence-electron chi connectivity index (χ3n) is 8.88. The van der Waals surface area contributed by atoms with Gasteiger partial charge in [0.05, 0.1) is 19.8 Å². The van der Waals surface area contributed by atoms with Crippen molar-refractivity contribution in [1.29, 1.82) is 0 Å². The molecule has 0 radical (unpaired) electrons. The van der Waals surface area contributed by atoms with Crippen molar-refractivity contribution < 1.29 is 62.2 Å². The van der Waals surface area contributed by atoms with Crippen molar-refractivity contribution in [1.82, 2.24) is 0 Å². The summed E-state index contributed by atoms with van der Waals surface area (Å²) in [6, 6.07) is 9.67. The summed E-state index contributed by atoms with van der Waals surface area (Å²) in [5, 5.41) is 12.5. The lowest BCUT2D eigenvalue weighted by atomic mass is 9.56. The Bertz CT molecular complexity index is 1600. The van der Waals surface area contributed by atoms with Gasteiger partial charge < -0.3 is 43.0 Å². The summed E-state index contributed by atoms with van der Waals surface area (Å²) in [6.07, 6.45) is -1.54. The minimum Gasteiger partial charge on any atom is -0.488 e. The first kappa shape index (κ1) is 29.5. The van der Waals surface area contributed by atoms with Gasteiger partial charge in [-0.2, -0.15) is 0 Å². The number of aliphatic hydroxyl groups is 1. The van der Waals surface area contributed by atoms with Crippen molar-refractivity contribution in [2.45, 2.75) is 49.8 Å². The quantitative estimate of drug-likeness (QED) is 0.298. The Balaban J connectivity index is 1.73. The lowest BCUT2D eigenvalue weighted by Gasteiger charge is -2.59. The van der Waals surface area contributed by atoms with Gasteiger partial charge in [-0.25, -0.2) is 14.4 Å². The molecule has 6 atom stereocenters. The van der Waals surface area contributed by atoms with E-state index in [1.165, 1.54) is 26.0 Å². The number of ether oxygens (including phenoxy) is 8. The van der Waals surface area contributed by atoms with Gasteiger partial charge in [-0.1, -0.05) is 25.1 Å². The lowest BCUT2D eigenvalue weighted by Crippen LogP contribution is -2.75. The maximum atomic E-state index is 13.7. The first-order chi connectivity index (χ1) is 20.9. The molecule has 1 N–H and O–H groups in total. The van der Waals surface area contributed by atoms with Crippen LogP contribution < -0.4 is 14.2 Å². The molecule has 0 unspecified atom stereocenters. The van der Waals surface area contributed by atoms with Crippen molar-refractivity contribution in [2.75, 3.05) is 27.6 Å². The molecular weight excluding hydrogens is 580 g/mol. The van der Waals surface area contributed by atoms with Crippen LogP contribution >= 0.6 is 0 Å². The van der Waals surface area contributed by atoms with E-state index in [0.29, 0.717) is 5.56 Å². The van der Waals surface area contributed by atoms with Crippen molar-refractivity contribution in [2.24, 2.45) is 5.92 Å². The molecule has 0 saturated carbocycles. The largest absolute Gasteiger partial charge is 0.488 e. The molecule has 1 saturated heterocycles. The van der Waals surface area contributed by atoms with E-state index in [4.69, 9.17) is 37.9 Å². The molecule has 13 nitrogen and oxygen atoms in total. The average Bonchev–Trinajstić information content (AvgIpc) is 3.65. The first-order valence-corrected chi connectivity index (χ1v) is 13.8. The Morgan fingerprint density at radius 1 is 1.00 bits per heavy atom. The van der Waals surface area contributed by atoms with Crippen LogP contribution in [0.15, 0.2) is 48.0 Å². The van der Waals surface area contributed by atoms with Gasteiger partial charge in [0, 0.05) is 35.6 Å². The fourth-order valence-corrected chi connectivity index (χ4v) is 6.68. The normalized spacial score (nSPS) is 31.7. The SMILES string of the molecule is COC(=O)/C=C1/[C@H](OC(=O)c2ccccc2)[C@@]2(C)O[C@](O)(C(=O)OC)[C@@]13COc1c4c(cc(c13)[C@H](OC(C)=O)[C@@H]2C)OCO4. The fraction of sp³-hybridized carbons (Fsp3) is 0.419. The van der Waals surface area contributed by atoms with E-state index in [2.05, 4.69) is 0 Å². The van der Waals surface area contributed by atoms with E-state index in [0.717, 1.165) is 20.3 Å². The van der Waals surface area contributed by atoms with E-state index in [1.54, 1.807) is 31.2 Å². The minimum absolute atomic E-state index is 0.0553. The molecule has 7 rings (SSSR count). The molecular formula is C31H30O13. The molecule has 5 aliphatic rings. The Kier molecular flexibility index (Phi) is 6.85. The molecule has 0 aromatic heterocycles. The molecule has 4 heterocycles. The number of esters is 4. The minimum atomic E-state index is -2.87. The zero-order chi connectivity index (χ0) is 31.6. The van der Waals surface area contributed by atoms with Crippen LogP contribution in [0.3, 0.4) is 0 Å². The smallest absolute Gasteiger partial charge is 0.367 e. The lowest BCUT2D eigenvalue weighted by molar-refractivity contribution is -0.337. The number of carbonyl (C=O) groups excluding carboxylic acids is 4. The number of hydrogen-bond acceptors (Lipinski definition) is 13. The van der Waals surface area contributed by atoms with E-state index in [9.17, 15) is 24.3 Å². The van der Waals surface area contributed by atoms with Gasteiger partial charge in [0.25, 0.3) is 5.79 Å². The van der Waals surface area contributed by atoms with Crippen LogP contribution in [0.25, 0.3) is 0 Å². The number of carbonyl (C=O) groups is 4. The molecule has 1 fully saturated rings. The highest BCUT2D eigenvalue weighted by Crippen LogP contribution is 2.67. The zero-order valence-corrected chi connectivity index (χ0v) is 24.5. The van der Waals surface area contributed by atoms with Crippen LogP contribution in [0.1, 0.15) is 48.4 Å².